The van der Waals surface area contributed by atoms with E-state index in [2.05, 4.69) is 5.32 Å². The van der Waals surface area contributed by atoms with Gasteiger partial charge in [0, 0.05) is 25.8 Å². The number of rotatable bonds is 6. The second kappa shape index (κ2) is 8.77. The summed E-state index contributed by atoms with van der Waals surface area (Å²) in [6.45, 7) is 2.53. The molecule has 2 aromatic rings. The van der Waals surface area contributed by atoms with Crippen molar-refractivity contribution in [3.63, 3.8) is 0 Å². The Kier molecular flexibility index (Phi) is 6.03. The summed E-state index contributed by atoms with van der Waals surface area (Å²) >= 11 is 0. The number of pyridine rings is 1. The first-order valence-corrected chi connectivity index (χ1v) is 13.8. The molecular weight excluding hydrogens is 475 g/mol. The number of aromatic nitrogens is 1. The molecule has 2 fully saturated rings. The number of nitrogens with one attached hydrogen (secondary N) is 1. The number of hydrogen-bond donors (Lipinski definition) is 2. The number of carbonyl (C=O) groups is 1. The standard InChI is InChI=1S/C24H31FN4O5S/c1-15(30)16-13-29-21-17(22(16)31)19(26)18(25)20(23(21)34-14-24(29)7-3-4-8-24)27-9-12-35(32,33)28-10-5-2-6-11-28/h13,27H,2-12,14,26H2,1H3. The number of benzene rings is 1. The maximum absolute atomic E-state index is 15.5. The lowest BCUT2D eigenvalue weighted by Crippen LogP contribution is -2.42. The molecule has 0 radical (unpaired) electrons. The molecule has 0 amide bonds. The quantitative estimate of drug-likeness (QED) is 0.456. The monoisotopic (exact) mass is 506 g/mol. The molecule has 0 unspecified atom stereocenters. The van der Waals surface area contributed by atoms with Crippen molar-refractivity contribution in [3.05, 3.63) is 27.8 Å². The van der Waals surface area contributed by atoms with E-state index in [1.165, 1.54) is 11.2 Å². The van der Waals surface area contributed by atoms with Crippen LogP contribution in [0.25, 0.3) is 10.9 Å². The van der Waals surface area contributed by atoms with Gasteiger partial charge in [-0.15, -0.1) is 0 Å². The van der Waals surface area contributed by atoms with E-state index in [-0.39, 0.29) is 47.0 Å². The molecule has 1 aliphatic carbocycles. The van der Waals surface area contributed by atoms with Crippen molar-refractivity contribution in [2.45, 2.75) is 57.4 Å². The molecule has 3 heterocycles. The number of ether oxygens (including phenoxy) is 1. The molecule has 1 saturated carbocycles. The number of halogens is 1. The molecule has 1 saturated heterocycles. The summed E-state index contributed by atoms with van der Waals surface area (Å²) in [5.74, 6) is -1.36. The number of nitrogen functional groups attached to an aromatic ring is 1. The molecule has 1 aromatic carbocycles. The zero-order chi connectivity index (χ0) is 25.0. The van der Waals surface area contributed by atoms with Crippen LogP contribution in [0, 0.1) is 5.82 Å². The topological polar surface area (TPSA) is 124 Å². The first-order chi connectivity index (χ1) is 16.7. The number of nitrogens with zero attached hydrogens (tertiary/aromatic N) is 2. The van der Waals surface area contributed by atoms with Crippen LogP contribution < -0.4 is 21.2 Å². The van der Waals surface area contributed by atoms with Crippen LogP contribution >= 0.6 is 0 Å². The fourth-order valence-corrected chi connectivity index (χ4v) is 7.18. The second-order valence-electron chi connectivity index (χ2n) is 9.88. The molecule has 11 heteroatoms. The molecule has 2 aliphatic heterocycles. The van der Waals surface area contributed by atoms with E-state index < -0.39 is 32.6 Å². The van der Waals surface area contributed by atoms with Gasteiger partial charge in [-0.05, 0) is 32.6 Å². The number of carbonyl (C=O) groups excluding carboxylic acids is 1. The summed E-state index contributed by atoms with van der Waals surface area (Å²) in [6, 6.07) is 0. The summed E-state index contributed by atoms with van der Waals surface area (Å²) in [5.41, 5.74) is 4.98. The highest BCUT2D eigenvalue weighted by Crippen LogP contribution is 2.48. The minimum atomic E-state index is -3.49. The highest BCUT2D eigenvalue weighted by molar-refractivity contribution is 7.89. The van der Waals surface area contributed by atoms with Crippen molar-refractivity contribution in [1.29, 1.82) is 0 Å². The van der Waals surface area contributed by atoms with Crippen molar-refractivity contribution in [2.75, 3.05) is 43.0 Å². The predicted octanol–water partition coefficient (Wildman–Crippen LogP) is 2.81. The van der Waals surface area contributed by atoms with Gasteiger partial charge in [-0.1, -0.05) is 19.3 Å². The van der Waals surface area contributed by atoms with Crippen molar-refractivity contribution in [1.82, 2.24) is 8.87 Å². The Labute approximate surface area is 203 Å². The normalized spacial score (nSPS) is 19.7. The van der Waals surface area contributed by atoms with Crippen molar-refractivity contribution in [2.24, 2.45) is 0 Å². The van der Waals surface area contributed by atoms with Gasteiger partial charge in [0.2, 0.25) is 15.5 Å². The average molecular weight is 507 g/mol. The van der Waals surface area contributed by atoms with E-state index in [0.29, 0.717) is 18.6 Å². The molecule has 9 nitrogen and oxygen atoms in total. The summed E-state index contributed by atoms with van der Waals surface area (Å²) in [4.78, 5) is 25.4. The summed E-state index contributed by atoms with van der Waals surface area (Å²) in [7, 11) is -3.49. The summed E-state index contributed by atoms with van der Waals surface area (Å²) in [5, 5.41) is 2.82. The zero-order valence-electron chi connectivity index (χ0n) is 19.9. The van der Waals surface area contributed by atoms with Gasteiger partial charge in [-0.3, -0.25) is 9.59 Å². The molecule has 5 rings (SSSR count). The van der Waals surface area contributed by atoms with Crippen LogP contribution in [0.4, 0.5) is 15.8 Å². The minimum absolute atomic E-state index is 0.0314. The maximum atomic E-state index is 15.5. The van der Waals surface area contributed by atoms with E-state index >= 15 is 4.39 Å². The molecule has 1 spiro atoms. The summed E-state index contributed by atoms with van der Waals surface area (Å²) in [6.07, 6.45) is 7.79. The van der Waals surface area contributed by atoms with Gasteiger partial charge in [0.15, 0.2) is 17.3 Å². The van der Waals surface area contributed by atoms with E-state index in [0.717, 1.165) is 44.9 Å². The molecule has 1 aromatic heterocycles. The third-order valence-corrected chi connectivity index (χ3v) is 9.53. The van der Waals surface area contributed by atoms with Crippen molar-refractivity contribution in [3.8, 4) is 5.75 Å². The second-order valence-corrected chi connectivity index (χ2v) is 12.0. The number of hydrogen-bond acceptors (Lipinski definition) is 7. The Morgan fingerprint density at radius 1 is 1.20 bits per heavy atom. The number of piperidine rings is 1. The molecule has 3 aliphatic rings. The van der Waals surface area contributed by atoms with Crippen LogP contribution in [0.2, 0.25) is 0 Å². The largest absolute Gasteiger partial charge is 0.487 e. The number of Topliss-reactive ketones (excluding diaryl/α,β-unsaturated/α-hetero) is 1. The lowest BCUT2D eigenvalue weighted by atomic mass is 9.93. The molecule has 190 valence electrons. The highest BCUT2D eigenvalue weighted by atomic mass is 32.2. The third kappa shape index (κ3) is 3.88. The van der Waals surface area contributed by atoms with Crippen LogP contribution in [0.15, 0.2) is 11.0 Å². The molecule has 3 N–H and O–H groups in total. The van der Waals surface area contributed by atoms with E-state index in [9.17, 15) is 18.0 Å². The Hall–Kier alpha value is -2.66. The Morgan fingerprint density at radius 2 is 1.89 bits per heavy atom. The molecular formula is C24H31FN4O5S. The van der Waals surface area contributed by atoms with Crippen molar-refractivity contribution >= 4 is 38.1 Å². The van der Waals surface area contributed by atoms with Crippen molar-refractivity contribution < 1.29 is 22.3 Å². The van der Waals surface area contributed by atoms with Gasteiger partial charge < -0.3 is 20.4 Å². The maximum Gasteiger partial charge on any atom is 0.215 e. The van der Waals surface area contributed by atoms with Crippen LogP contribution in [-0.2, 0) is 15.6 Å². The van der Waals surface area contributed by atoms with Gasteiger partial charge in [-0.2, -0.15) is 0 Å². The highest BCUT2D eigenvalue weighted by Gasteiger charge is 2.43. The fraction of sp³-hybridized carbons (Fsp3) is 0.583. The number of nitrogens with two attached hydrogens (primary N) is 1. The molecule has 0 atom stereocenters. The van der Waals surface area contributed by atoms with Crippen LogP contribution in [0.5, 0.6) is 5.75 Å². The molecule has 35 heavy (non-hydrogen) atoms. The summed E-state index contributed by atoms with van der Waals surface area (Å²) < 4.78 is 50.5. The number of sulfonamides is 1. The average Bonchev–Trinajstić information content (AvgIpc) is 3.30. The lowest BCUT2D eigenvalue weighted by molar-refractivity contribution is 0.101. The SMILES string of the molecule is CC(=O)c1cn2c3c(c(NCCS(=O)(=O)N4CCCCC4)c(F)c(N)c3c1=O)OCC21CCCC1. The third-order valence-electron chi connectivity index (χ3n) is 7.66. The van der Waals surface area contributed by atoms with Crippen LogP contribution in [0.1, 0.15) is 62.2 Å². The number of fused-ring (bicyclic) bond motifs is 1. The number of anilines is 2. The van der Waals surface area contributed by atoms with Crippen LogP contribution in [-0.4, -0.2) is 55.1 Å². The van der Waals surface area contributed by atoms with Gasteiger partial charge >= 0.3 is 0 Å². The first-order valence-electron chi connectivity index (χ1n) is 12.2. The van der Waals surface area contributed by atoms with Crippen LogP contribution in [0.3, 0.4) is 0 Å². The van der Waals surface area contributed by atoms with Gasteiger partial charge in [-0.25, -0.2) is 17.1 Å². The predicted molar refractivity (Wildman–Crippen MR) is 132 cm³/mol. The Morgan fingerprint density at radius 3 is 2.54 bits per heavy atom. The van der Waals surface area contributed by atoms with E-state index in [4.69, 9.17) is 10.5 Å². The van der Waals surface area contributed by atoms with Gasteiger partial charge in [0.25, 0.3) is 0 Å². The van der Waals surface area contributed by atoms with Gasteiger partial charge in [0.05, 0.1) is 33.4 Å². The minimum Gasteiger partial charge on any atom is -0.487 e. The van der Waals surface area contributed by atoms with E-state index in [1.807, 2.05) is 4.57 Å². The Balaban J connectivity index is 1.58. The number of ketones is 1. The van der Waals surface area contributed by atoms with Gasteiger partial charge in [0.1, 0.15) is 12.3 Å². The zero-order valence-corrected chi connectivity index (χ0v) is 20.7. The van der Waals surface area contributed by atoms with E-state index in [1.54, 1.807) is 6.20 Å². The smallest absolute Gasteiger partial charge is 0.215 e. The molecule has 0 bridgehead atoms. The lowest BCUT2D eigenvalue weighted by Gasteiger charge is -2.39. The fourth-order valence-electron chi connectivity index (χ4n) is 5.75. The Bertz CT molecular complexity index is 1360. The first kappa shape index (κ1) is 24.1.